The molecular formula is C2H12N6O5P+. The summed E-state index contributed by atoms with van der Waals surface area (Å²) in [5, 5.41) is 0. The van der Waals surface area contributed by atoms with Crippen LogP contribution in [0.1, 0.15) is 0 Å². The standard InChI is InChI=1S/2CH5N3O.HO3P/c2*2-1(5)4-3;1-4(2)3/h2*3H2,(H3,2,4,5);(H-,1,2,3)/p+1. The number of hydrogen-bond donors (Lipinski definition) is 8. The maximum absolute atomic E-state index is 9.35. The molecule has 0 spiro atoms. The SMILES string of the molecule is NNC(N)=O.NNC(N)=O.O=[P+](O)O. The predicted molar refractivity (Wildman–Crippen MR) is 45.9 cm³/mol. The summed E-state index contributed by atoms with van der Waals surface area (Å²) >= 11 is 0. The molecule has 0 bridgehead atoms. The van der Waals surface area contributed by atoms with Crippen molar-refractivity contribution in [3.8, 4) is 0 Å². The fourth-order valence-electron chi connectivity index (χ4n) is 0. The van der Waals surface area contributed by atoms with Gasteiger partial charge in [-0.2, -0.15) is 0 Å². The Labute approximate surface area is 79.3 Å². The summed E-state index contributed by atoms with van der Waals surface area (Å²) in [6, 6.07) is -1.44. The van der Waals surface area contributed by atoms with Crippen LogP contribution in [0.2, 0.25) is 0 Å². The summed E-state index contributed by atoms with van der Waals surface area (Å²) in [6.45, 7) is 0. The van der Waals surface area contributed by atoms with E-state index in [-0.39, 0.29) is 0 Å². The van der Waals surface area contributed by atoms with Gasteiger partial charge in [-0.3, -0.25) is 10.9 Å². The van der Waals surface area contributed by atoms with E-state index in [1.165, 1.54) is 0 Å². The van der Waals surface area contributed by atoms with E-state index in [1.54, 1.807) is 10.9 Å². The molecule has 0 aliphatic carbocycles. The van der Waals surface area contributed by atoms with Gasteiger partial charge in [-0.05, 0) is 0 Å². The first kappa shape index (κ1) is 18.3. The van der Waals surface area contributed by atoms with Gasteiger partial charge in [-0.25, -0.2) is 21.3 Å². The monoisotopic (exact) mass is 231 g/mol. The van der Waals surface area contributed by atoms with Gasteiger partial charge in [0.05, 0.1) is 0 Å². The van der Waals surface area contributed by atoms with Gasteiger partial charge in [0.1, 0.15) is 0 Å². The average Bonchev–Trinajstić information content (AvgIpc) is 2.04. The second-order valence-electron chi connectivity index (χ2n) is 1.27. The molecule has 0 aliphatic heterocycles. The topological polar surface area (TPSA) is 220 Å². The van der Waals surface area contributed by atoms with Gasteiger partial charge in [-0.1, -0.05) is 0 Å². The lowest BCUT2D eigenvalue weighted by molar-refractivity contribution is 0.248. The number of rotatable bonds is 0. The molecule has 0 unspecified atom stereocenters. The number of nitrogens with one attached hydrogen (secondary N) is 2. The van der Waals surface area contributed by atoms with Gasteiger partial charge in [0.2, 0.25) is 0 Å². The molecular weight excluding hydrogens is 219 g/mol. The highest BCUT2D eigenvalue weighted by molar-refractivity contribution is 7.30. The molecule has 14 heavy (non-hydrogen) atoms. The Morgan fingerprint density at radius 1 is 1.00 bits per heavy atom. The first-order chi connectivity index (χ1) is 6.27. The van der Waals surface area contributed by atoms with E-state index in [0.717, 1.165) is 0 Å². The summed E-state index contributed by atoms with van der Waals surface area (Å²) < 4.78 is 8.70. The van der Waals surface area contributed by atoms with Crippen LogP contribution in [0.4, 0.5) is 9.59 Å². The lowest BCUT2D eigenvalue weighted by Crippen LogP contribution is -2.34. The van der Waals surface area contributed by atoms with Crippen molar-refractivity contribution >= 4 is 20.3 Å². The van der Waals surface area contributed by atoms with Gasteiger partial charge in [-0.15, -0.1) is 9.79 Å². The zero-order valence-corrected chi connectivity index (χ0v) is 7.77. The Hall–Kier alpha value is -1.52. The largest absolute Gasteiger partial charge is 0.692 e. The van der Waals surface area contributed by atoms with Crippen molar-refractivity contribution in [2.45, 2.75) is 0 Å². The van der Waals surface area contributed by atoms with Crippen LogP contribution >= 0.6 is 8.25 Å². The lowest BCUT2D eigenvalue weighted by Gasteiger charge is -1.81. The Kier molecular flexibility index (Phi) is 18.3. The maximum Gasteiger partial charge on any atom is 0.692 e. The smallest absolute Gasteiger partial charge is 0.351 e. The van der Waals surface area contributed by atoms with Gasteiger partial charge in [0, 0.05) is 4.57 Å². The number of nitrogens with two attached hydrogens (primary N) is 4. The zero-order chi connectivity index (χ0) is 12.1. The lowest BCUT2D eigenvalue weighted by atomic mass is 11.2. The molecule has 0 saturated heterocycles. The highest BCUT2D eigenvalue weighted by Gasteiger charge is 1.93. The molecule has 0 rings (SSSR count). The van der Waals surface area contributed by atoms with Crippen LogP contribution in [0.3, 0.4) is 0 Å². The van der Waals surface area contributed by atoms with Crippen LogP contribution in [0.15, 0.2) is 0 Å². The number of hydrogen-bond acceptors (Lipinski definition) is 5. The molecule has 84 valence electrons. The normalized spacial score (nSPS) is 6.57. The molecule has 12 heteroatoms. The molecule has 0 heterocycles. The van der Waals surface area contributed by atoms with Crippen molar-refractivity contribution in [1.82, 2.24) is 10.9 Å². The number of carbonyl (C=O) groups excluding carboxylic acids is 2. The first-order valence-electron chi connectivity index (χ1n) is 2.65. The van der Waals surface area contributed by atoms with E-state index in [4.69, 9.17) is 14.4 Å². The summed E-state index contributed by atoms with van der Waals surface area (Å²) in [7, 11) is -2.87. The highest BCUT2D eigenvalue weighted by atomic mass is 31.1. The summed E-state index contributed by atoms with van der Waals surface area (Å²) in [5.41, 5.74) is 12.2. The van der Waals surface area contributed by atoms with Crippen molar-refractivity contribution in [2.24, 2.45) is 23.2 Å². The molecule has 0 radical (unpaired) electrons. The molecule has 11 nitrogen and oxygen atoms in total. The van der Waals surface area contributed by atoms with Gasteiger partial charge >= 0.3 is 20.3 Å². The van der Waals surface area contributed by atoms with Gasteiger partial charge < -0.3 is 11.5 Å². The molecule has 0 atom stereocenters. The van der Waals surface area contributed by atoms with Crippen LogP contribution < -0.4 is 34.0 Å². The minimum Gasteiger partial charge on any atom is -0.351 e. The van der Waals surface area contributed by atoms with Crippen LogP contribution in [-0.4, -0.2) is 21.8 Å². The van der Waals surface area contributed by atoms with E-state index in [9.17, 15) is 9.59 Å². The predicted octanol–water partition coefficient (Wildman–Crippen LogP) is -3.31. The molecule has 0 aromatic carbocycles. The third-order valence-corrected chi connectivity index (χ3v) is 0.285. The number of amides is 4. The third kappa shape index (κ3) is 153. The van der Waals surface area contributed by atoms with E-state index in [1.807, 2.05) is 0 Å². The molecule has 4 amide bonds. The highest BCUT2D eigenvalue weighted by Crippen LogP contribution is 1.98. The van der Waals surface area contributed by atoms with Gasteiger partial charge in [0.15, 0.2) is 0 Å². The second-order valence-corrected chi connectivity index (χ2v) is 1.78. The van der Waals surface area contributed by atoms with Crippen LogP contribution in [0.5, 0.6) is 0 Å². The number of urea groups is 2. The third-order valence-electron chi connectivity index (χ3n) is 0.285. The fourth-order valence-corrected chi connectivity index (χ4v) is 0. The van der Waals surface area contributed by atoms with Gasteiger partial charge in [0.25, 0.3) is 0 Å². The van der Waals surface area contributed by atoms with E-state index < -0.39 is 20.3 Å². The van der Waals surface area contributed by atoms with Crippen molar-refractivity contribution < 1.29 is 23.9 Å². The molecule has 0 fully saturated rings. The Morgan fingerprint density at radius 3 is 1.07 bits per heavy atom. The van der Waals surface area contributed by atoms with E-state index in [0.29, 0.717) is 0 Å². The van der Waals surface area contributed by atoms with Crippen LogP contribution in [0.25, 0.3) is 0 Å². The van der Waals surface area contributed by atoms with E-state index in [2.05, 4.69) is 23.2 Å². The molecule has 0 aromatic heterocycles. The summed E-state index contributed by atoms with van der Waals surface area (Å²) in [4.78, 5) is 32.9. The Morgan fingerprint density at radius 2 is 1.07 bits per heavy atom. The average molecular weight is 231 g/mol. The van der Waals surface area contributed by atoms with Crippen molar-refractivity contribution in [1.29, 1.82) is 0 Å². The zero-order valence-electron chi connectivity index (χ0n) is 6.88. The van der Waals surface area contributed by atoms with Crippen molar-refractivity contribution in [3.63, 3.8) is 0 Å². The molecule has 0 aromatic rings. The second kappa shape index (κ2) is 14.0. The molecule has 12 N–H and O–H groups in total. The minimum atomic E-state index is -2.87. The fraction of sp³-hybridized carbons (Fsp3) is 0. The maximum atomic E-state index is 9.35. The van der Waals surface area contributed by atoms with Crippen molar-refractivity contribution in [3.05, 3.63) is 0 Å². The summed E-state index contributed by atoms with van der Waals surface area (Å²) in [6.07, 6.45) is 0. The number of carbonyl (C=O) groups is 2. The quantitative estimate of drug-likeness (QED) is 0.0915. The Bertz CT molecular complexity index is 167. The molecule has 0 saturated carbocycles. The Balaban J connectivity index is -0.000000131. The van der Waals surface area contributed by atoms with Crippen LogP contribution in [0, 0.1) is 0 Å². The van der Waals surface area contributed by atoms with Crippen LogP contribution in [-0.2, 0) is 4.57 Å². The summed E-state index contributed by atoms with van der Waals surface area (Å²) in [5.74, 6) is 8.89. The number of primary amides is 2. The minimum absolute atomic E-state index is 0.718. The first-order valence-corrected chi connectivity index (χ1v) is 3.81. The van der Waals surface area contributed by atoms with E-state index >= 15 is 0 Å². The molecule has 0 aliphatic rings. The number of hydrazine groups is 2. The van der Waals surface area contributed by atoms with Crippen molar-refractivity contribution in [2.75, 3.05) is 0 Å².